The molecule has 0 bridgehead atoms. The highest BCUT2D eigenvalue weighted by atomic mass is 16.2. The number of nitrogens with zero attached hydrogens (tertiary/aromatic N) is 5. The third-order valence-electron chi connectivity index (χ3n) is 4.34. The summed E-state index contributed by atoms with van der Waals surface area (Å²) >= 11 is 0. The first-order valence-corrected chi connectivity index (χ1v) is 7.39. The van der Waals surface area contributed by atoms with Crippen LogP contribution in [0.25, 0.3) is 0 Å². The number of aromatic amines is 1. The number of likely N-dealkylation sites (tertiary alicyclic amines) is 1. The number of carbonyl (C=O) groups excluding carboxylic acids is 1. The molecule has 0 aromatic carbocycles. The number of amides is 1. The number of aromatic nitrogens is 3. The Hall–Kier alpha value is -1.63. The molecule has 1 aromatic heterocycles. The van der Waals surface area contributed by atoms with Gasteiger partial charge in [0.2, 0.25) is 11.9 Å². The smallest absolute Gasteiger partial charge is 0.239 e. The molecule has 2 fully saturated rings. The van der Waals surface area contributed by atoms with E-state index in [2.05, 4.69) is 25.0 Å². The molecule has 20 heavy (non-hydrogen) atoms. The summed E-state index contributed by atoms with van der Waals surface area (Å²) < 4.78 is 0. The molecule has 2 saturated heterocycles. The highest BCUT2D eigenvalue weighted by Crippen LogP contribution is 2.15. The van der Waals surface area contributed by atoms with Gasteiger partial charge in [-0.3, -0.25) is 9.69 Å². The van der Waals surface area contributed by atoms with Crippen molar-refractivity contribution in [2.24, 2.45) is 0 Å². The number of piperazine rings is 1. The zero-order valence-corrected chi connectivity index (χ0v) is 12.0. The molecular formula is C13H22N6O. The molecule has 2 aliphatic heterocycles. The van der Waals surface area contributed by atoms with Gasteiger partial charge in [0.15, 0.2) is 0 Å². The summed E-state index contributed by atoms with van der Waals surface area (Å²) in [4.78, 5) is 23.0. The topological polar surface area (TPSA) is 68.4 Å². The van der Waals surface area contributed by atoms with E-state index in [9.17, 15) is 4.79 Å². The molecule has 0 spiro atoms. The van der Waals surface area contributed by atoms with Gasteiger partial charge in [0.05, 0.1) is 6.04 Å². The summed E-state index contributed by atoms with van der Waals surface area (Å²) in [6.45, 7) is 7.44. The van der Waals surface area contributed by atoms with Crippen molar-refractivity contribution in [2.75, 3.05) is 44.2 Å². The number of carbonyl (C=O) groups is 1. The molecule has 3 rings (SSSR count). The van der Waals surface area contributed by atoms with Crippen LogP contribution in [0.2, 0.25) is 0 Å². The standard InChI is InChI=1S/C13H22N6O/c1-11(12(20)18-4-2-3-5-18)17-6-8-19(9-7-17)13-14-10-15-16-13/h10-11H,2-9H2,1H3,(H,14,15,16). The average Bonchev–Trinajstić information content (AvgIpc) is 3.18. The highest BCUT2D eigenvalue weighted by molar-refractivity contribution is 5.81. The fourth-order valence-electron chi connectivity index (χ4n) is 3.03. The molecule has 7 nitrogen and oxygen atoms in total. The van der Waals surface area contributed by atoms with Crippen LogP contribution in [0.3, 0.4) is 0 Å². The van der Waals surface area contributed by atoms with Gasteiger partial charge >= 0.3 is 0 Å². The van der Waals surface area contributed by atoms with Gasteiger partial charge in [-0.25, -0.2) is 5.10 Å². The number of anilines is 1. The maximum Gasteiger partial charge on any atom is 0.239 e. The summed E-state index contributed by atoms with van der Waals surface area (Å²) in [5, 5.41) is 6.77. The summed E-state index contributed by atoms with van der Waals surface area (Å²) in [7, 11) is 0. The number of hydrogen-bond donors (Lipinski definition) is 1. The molecule has 110 valence electrons. The van der Waals surface area contributed by atoms with Crippen molar-refractivity contribution in [1.29, 1.82) is 0 Å². The summed E-state index contributed by atoms with van der Waals surface area (Å²) in [6, 6.07) is -0.00928. The molecule has 1 aromatic rings. The van der Waals surface area contributed by atoms with Gasteiger partial charge in [0, 0.05) is 39.3 Å². The first kappa shape index (κ1) is 13.4. The zero-order valence-electron chi connectivity index (χ0n) is 12.0. The predicted octanol–water partition coefficient (Wildman–Crippen LogP) is -0.0624. The SMILES string of the molecule is CC(C(=O)N1CCCC1)N1CCN(c2ncn[nH]2)CC1. The Balaban J connectivity index is 1.53. The van der Waals surface area contributed by atoms with Crippen LogP contribution in [0.5, 0.6) is 0 Å². The lowest BCUT2D eigenvalue weighted by Gasteiger charge is -2.38. The van der Waals surface area contributed by atoms with Crippen LogP contribution in [0.15, 0.2) is 6.33 Å². The van der Waals surface area contributed by atoms with Gasteiger partial charge in [-0.05, 0) is 19.8 Å². The first-order valence-electron chi connectivity index (χ1n) is 7.39. The van der Waals surface area contributed by atoms with Crippen molar-refractivity contribution in [2.45, 2.75) is 25.8 Å². The summed E-state index contributed by atoms with van der Waals surface area (Å²) in [5.74, 6) is 1.11. The highest BCUT2D eigenvalue weighted by Gasteiger charge is 2.30. The van der Waals surface area contributed by atoms with Crippen molar-refractivity contribution in [3.05, 3.63) is 6.33 Å². The minimum atomic E-state index is -0.00928. The van der Waals surface area contributed by atoms with Crippen LogP contribution in [0, 0.1) is 0 Å². The fourth-order valence-corrected chi connectivity index (χ4v) is 3.03. The van der Waals surface area contributed by atoms with E-state index in [0.29, 0.717) is 0 Å². The molecular weight excluding hydrogens is 256 g/mol. The van der Waals surface area contributed by atoms with Gasteiger partial charge in [0.25, 0.3) is 0 Å². The Morgan fingerprint density at radius 2 is 1.90 bits per heavy atom. The Bertz CT molecular complexity index is 434. The van der Waals surface area contributed by atoms with Crippen LogP contribution in [-0.4, -0.2) is 76.2 Å². The summed E-state index contributed by atoms with van der Waals surface area (Å²) in [6.07, 6.45) is 3.83. The second-order valence-electron chi connectivity index (χ2n) is 5.54. The third kappa shape index (κ3) is 2.63. The molecule has 0 saturated carbocycles. The quantitative estimate of drug-likeness (QED) is 0.839. The normalized spacial score (nSPS) is 22.2. The molecule has 0 radical (unpaired) electrons. The van der Waals surface area contributed by atoms with Gasteiger partial charge in [-0.1, -0.05) is 0 Å². The van der Waals surface area contributed by atoms with Gasteiger partial charge in [-0.2, -0.15) is 10.1 Å². The monoisotopic (exact) mass is 278 g/mol. The Morgan fingerprint density at radius 1 is 1.20 bits per heavy atom. The lowest BCUT2D eigenvalue weighted by atomic mass is 10.2. The van der Waals surface area contributed by atoms with Crippen LogP contribution < -0.4 is 4.90 Å². The van der Waals surface area contributed by atoms with Crippen LogP contribution in [0.4, 0.5) is 5.95 Å². The molecule has 1 N–H and O–H groups in total. The number of hydrogen-bond acceptors (Lipinski definition) is 5. The minimum Gasteiger partial charge on any atom is -0.341 e. The molecule has 1 amide bonds. The van der Waals surface area contributed by atoms with Crippen molar-refractivity contribution in [3.8, 4) is 0 Å². The van der Waals surface area contributed by atoms with Gasteiger partial charge in [0.1, 0.15) is 6.33 Å². The van der Waals surface area contributed by atoms with Crippen LogP contribution in [0.1, 0.15) is 19.8 Å². The fraction of sp³-hybridized carbons (Fsp3) is 0.769. The molecule has 1 atom stereocenters. The van der Waals surface area contributed by atoms with E-state index in [1.165, 1.54) is 6.33 Å². The van der Waals surface area contributed by atoms with Crippen molar-refractivity contribution >= 4 is 11.9 Å². The van der Waals surface area contributed by atoms with E-state index >= 15 is 0 Å². The molecule has 2 aliphatic rings. The second kappa shape index (κ2) is 5.78. The van der Waals surface area contributed by atoms with E-state index in [4.69, 9.17) is 0 Å². The van der Waals surface area contributed by atoms with E-state index in [-0.39, 0.29) is 11.9 Å². The average molecular weight is 278 g/mol. The maximum absolute atomic E-state index is 12.4. The molecule has 3 heterocycles. The Kier molecular flexibility index (Phi) is 3.86. The number of rotatable bonds is 3. The van der Waals surface area contributed by atoms with Crippen LogP contribution >= 0.6 is 0 Å². The van der Waals surface area contributed by atoms with E-state index in [1.807, 2.05) is 11.8 Å². The minimum absolute atomic E-state index is 0.00928. The van der Waals surface area contributed by atoms with Crippen molar-refractivity contribution in [3.63, 3.8) is 0 Å². The number of nitrogens with one attached hydrogen (secondary N) is 1. The van der Waals surface area contributed by atoms with E-state index < -0.39 is 0 Å². The lowest BCUT2D eigenvalue weighted by molar-refractivity contribution is -0.135. The Morgan fingerprint density at radius 3 is 2.50 bits per heavy atom. The molecule has 7 heteroatoms. The van der Waals surface area contributed by atoms with Crippen molar-refractivity contribution < 1.29 is 4.79 Å². The molecule has 1 unspecified atom stereocenters. The zero-order chi connectivity index (χ0) is 13.9. The Labute approximate surface area is 118 Å². The maximum atomic E-state index is 12.4. The second-order valence-corrected chi connectivity index (χ2v) is 5.54. The van der Waals surface area contributed by atoms with Gasteiger partial charge in [-0.15, -0.1) is 0 Å². The summed E-state index contributed by atoms with van der Waals surface area (Å²) in [5.41, 5.74) is 0. The third-order valence-corrected chi connectivity index (χ3v) is 4.34. The van der Waals surface area contributed by atoms with Crippen LogP contribution in [-0.2, 0) is 4.79 Å². The predicted molar refractivity (Wildman–Crippen MR) is 75.4 cm³/mol. The van der Waals surface area contributed by atoms with E-state index in [1.54, 1.807) is 0 Å². The lowest BCUT2D eigenvalue weighted by Crippen LogP contribution is -2.54. The van der Waals surface area contributed by atoms with Gasteiger partial charge < -0.3 is 9.80 Å². The van der Waals surface area contributed by atoms with Crippen molar-refractivity contribution in [1.82, 2.24) is 25.0 Å². The van der Waals surface area contributed by atoms with E-state index in [0.717, 1.165) is 58.1 Å². The largest absolute Gasteiger partial charge is 0.341 e. The first-order chi connectivity index (χ1) is 9.75. The number of H-pyrrole nitrogens is 1. The molecule has 0 aliphatic carbocycles.